The quantitative estimate of drug-likeness (QED) is 0.206. The van der Waals surface area contributed by atoms with Crippen LogP contribution in [0.5, 0.6) is 0 Å². The van der Waals surface area contributed by atoms with Crippen molar-refractivity contribution < 1.29 is 4.42 Å². The fourth-order valence-electron chi connectivity index (χ4n) is 6.84. The van der Waals surface area contributed by atoms with E-state index in [-0.39, 0.29) is 0 Å². The van der Waals surface area contributed by atoms with Gasteiger partial charge in [-0.1, -0.05) is 121 Å². The lowest BCUT2D eigenvalue weighted by molar-refractivity contribution is 0.645. The molecule has 196 valence electrons. The number of fused-ring (bicyclic) bond motifs is 7. The van der Waals surface area contributed by atoms with Crippen LogP contribution in [0.1, 0.15) is 0 Å². The number of aromatic nitrogens is 1. The Morgan fingerprint density at radius 2 is 0.929 bits per heavy atom. The molecule has 0 spiro atoms. The van der Waals surface area contributed by atoms with E-state index in [1.54, 1.807) is 0 Å². The first kappa shape index (κ1) is 23.1. The normalized spacial score (nSPS) is 11.8. The van der Waals surface area contributed by atoms with Crippen molar-refractivity contribution in [2.75, 3.05) is 0 Å². The lowest BCUT2D eigenvalue weighted by Gasteiger charge is -2.18. The molecule has 0 unspecified atom stereocenters. The van der Waals surface area contributed by atoms with E-state index in [0.29, 0.717) is 0 Å². The molecule has 2 heteroatoms. The summed E-state index contributed by atoms with van der Waals surface area (Å²) in [5.41, 5.74) is 8.99. The minimum Gasteiger partial charge on any atom is -0.439 e. The van der Waals surface area contributed by atoms with Crippen molar-refractivity contribution in [3.63, 3.8) is 0 Å². The number of benzene rings is 7. The van der Waals surface area contributed by atoms with Gasteiger partial charge in [-0.05, 0) is 74.1 Å². The summed E-state index contributed by atoms with van der Waals surface area (Å²) in [5.74, 6) is 0. The minimum absolute atomic E-state index is 0.878. The second-order valence-electron chi connectivity index (χ2n) is 10.9. The van der Waals surface area contributed by atoms with Gasteiger partial charge in [-0.3, -0.25) is 4.57 Å². The topological polar surface area (TPSA) is 18.1 Å². The first-order valence-corrected chi connectivity index (χ1v) is 14.4. The molecule has 0 saturated carbocycles. The van der Waals surface area contributed by atoms with Crippen LogP contribution in [0.2, 0.25) is 0 Å². The smallest absolute Gasteiger partial charge is 0.213 e. The summed E-state index contributed by atoms with van der Waals surface area (Å²) < 4.78 is 8.79. The van der Waals surface area contributed by atoms with E-state index in [9.17, 15) is 0 Å². The predicted molar refractivity (Wildman–Crippen MR) is 176 cm³/mol. The van der Waals surface area contributed by atoms with Crippen LogP contribution in [0.4, 0.5) is 0 Å². The summed E-state index contributed by atoms with van der Waals surface area (Å²) in [5, 5.41) is 8.52. The molecule has 2 heterocycles. The number of furan rings is 1. The Balaban J connectivity index is 1.42. The number of nitrogens with zero attached hydrogens (tertiary/aromatic N) is 1. The van der Waals surface area contributed by atoms with Crippen LogP contribution in [0.25, 0.3) is 82.5 Å². The molecule has 2 nitrogen and oxygen atoms in total. The second-order valence-corrected chi connectivity index (χ2v) is 10.9. The zero-order valence-corrected chi connectivity index (χ0v) is 22.8. The molecule has 0 N–H and O–H groups in total. The predicted octanol–water partition coefficient (Wildman–Crippen LogP) is 11.2. The summed E-state index contributed by atoms with van der Waals surface area (Å²) in [7, 11) is 0. The Morgan fingerprint density at radius 3 is 1.57 bits per heavy atom. The molecule has 0 aliphatic rings. The molecule has 0 radical (unpaired) electrons. The van der Waals surface area contributed by atoms with E-state index < -0.39 is 0 Å². The maximum absolute atomic E-state index is 6.54. The van der Waals surface area contributed by atoms with Crippen LogP contribution < -0.4 is 0 Å². The van der Waals surface area contributed by atoms with Gasteiger partial charge < -0.3 is 4.42 Å². The molecular weight excluding hydrogens is 510 g/mol. The lowest BCUT2D eigenvalue weighted by Crippen LogP contribution is -1.93. The highest BCUT2D eigenvalue weighted by Gasteiger charge is 2.21. The fraction of sp³-hybridized carbons (Fsp3) is 0. The van der Waals surface area contributed by atoms with Crippen molar-refractivity contribution >= 4 is 54.5 Å². The third-order valence-corrected chi connectivity index (χ3v) is 8.58. The van der Waals surface area contributed by atoms with Gasteiger partial charge in [0.25, 0.3) is 0 Å². The highest BCUT2D eigenvalue weighted by atomic mass is 16.3. The molecule has 7 aromatic carbocycles. The average Bonchev–Trinajstić information content (AvgIpc) is 3.58. The third-order valence-electron chi connectivity index (χ3n) is 8.58. The summed E-state index contributed by atoms with van der Waals surface area (Å²) in [6.07, 6.45) is 0. The number of para-hydroxylation sites is 2. The lowest BCUT2D eigenvalue weighted by atomic mass is 9.86. The van der Waals surface area contributed by atoms with Gasteiger partial charge in [0, 0.05) is 16.5 Å². The van der Waals surface area contributed by atoms with E-state index in [1.165, 1.54) is 49.2 Å². The molecule has 2 aromatic heterocycles. The van der Waals surface area contributed by atoms with Crippen molar-refractivity contribution in [2.45, 2.75) is 0 Å². The number of hydrogen-bond acceptors (Lipinski definition) is 1. The monoisotopic (exact) mass is 535 g/mol. The van der Waals surface area contributed by atoms with Gasteiger partial charge in [-0.2, -0.15) is 0 Å². The van der Waals surface area contributed by atoms with E-state index in [4.69, 9.17) is 4.42 Å². The van der Waals surface area contributed by atoms with Crippen molar-refractivity contribution in [1.29, 1.82) is 0 Å². The average molecular weight is 536 g/mol. The highest BCUT2D eigenvalue weighted by molar-refractivity contribution is 6.24. The van der Waals surface area contributed by atoms with Gasteiger partial charge in [-0.15, -0.1) is 0 Å². The van der Waals surface area contributed by atoms with Gasteiger partial charge in [0.15, 0.2) is 0 Å². The fourth-order valence-corrected chi connectivity index (χ4v) is 6.84. The van der Waals surface area contributed by atoms with Crippen molar-refractivity contribution in [1.82, 2.24) is 4.57 Å². The van der Waals surface area contributed by atoms with Crippen LogP contribution in [0, 0.1) is 0 Å². The zero-order chi connectivity index (χ0) is 27.6. The molecule has 0 aliphatic carbocycles. The first-order valence-electron chi connectivity index (χ1n) is 14.4. The maximum atomic E-state index is 6.54. The van der Waals surface area contributed by atoms with Gasteiger partial charge in [0.1, 0.15) is 5.58 Å². The number of rotatable bonds is 3. The minimum atomic E-state index is 0.878. The zero-order valence-electron chi connectivity index (χ0n) is 22.8. The molecule has 9 aromatic rings. The Morgan fingerprint density at radius 1 is 0.405 bits per heavy atom. The summed E-state index contributed by atoms with van der Waals surface area (Å²) in [6.45, 7) is 0. The van der Waals surface area contributed by atoms with Crippen molar-refractivity contribution in [3.05, 3.63) is 152 Å². The molecule has 0 bridgehead atoms. The molecule has 42 heavy (non-hydrogen) atoms. The van der Waals surface area contributed by atoms with Crippen LogP contribution in [-0.4, -0.2) is 4.57 Å². The van der Waals surface area contributed by atoms with Crippen molar-refractivity contribution in [2.24, 2.45) is 0 Å². The molecule has 0 atom stereocenters. The summed E-state index contributed by atoms with van der Waals surface area (Å²) >= 11 is 0. The molecule has 0 saturated heterocycles. The standard InChI is InChI=1S/C40H25NO/c1-3-13-26(14-4-1)37-29-17-7-9-19-31(29)38(32-20-10-8-18-30(32)37)27-23-24-35-34(25-27)39-33-21-11-12-22-36(33)42-40(39)41(35)28-15-5-2-6-16-28/h1-25H. The molecule has 0 amide bonds. The Labute approximate surface area is 242 Å². The molecular formula is C40H25NO. The van der Waals surface area contributed by atoms with Crippen LogP contribution in [0.3, 0.4) is 0 Å². The van der Waals surface area contributed by atoms with Crippen LogP contribution in [-0.2, 0) is 0 Å². The van der Waals surface area contributed by atoms with E-state index in [2.05, 4.69) is 150 Å². The van der Waals surface area contributed by atoms with E-state index >= 15 is 0 Å². The van der Waals surface area contributed by atoms with E-state index in [0.717, 1.165) is 33.3 Å². The molecule has 0 fully saturated rings. The Hall–Kier alpha value is -5.60. The number of hydrogen-bond donors (Lipinski definition) is 0. The SMILES string of the molecule is c1ccc(-c2c3ccccc3c(-c3ccc4c(c3)c3c5ccccc5oc3n4-c3ccccc3)c3ccccc23)cc1. The Kier molecular flexibility index (Phi) is 4.93. The van der Waals surface area contributed by atoms with Gasteiger partial charge in [-0.25, -0.2) is 0 Å². The maximum Gasteiger partial charge on any atom is 0.213 e. The third kappa shape index (κ3) is 3.27. The highest BCUT2D eigenvalue weighted by Crippen LogP contribution is 2.46. The molecule has 0 aliphatic heterocycles. The first-order chi connectivity index (χ1) is 20.9. The second kappa shape index (κ2) is 8.95. The summed E-state index contributed by atoms with van der Waals surface area (Å²) in [6, 6.07) is 54.2. The van der Waals surface area contributed by atoms with Gasteiger partial charge in [0.2, 0.25) is 5.71 Å². The van der Waals surface area contributed by atoms with E-state index in [1.807, 2.05) is 6.07 Å². The molecule has 9 rings (SSSR count). The van der Waals surface area contributed by atoms with Crippen LogP contribution in [0.15, 0.2) is 156 Å². The van der Waals surface area contributed by atoms with Crippen LogP contribution >= 0.6 is 0 Å². The Bertz CT molecular complexity index is 2390. The van der Waals surface area contributed by atoms with Gasteiger partial charge >= 0.3 is 0 Å². The largest absolute Gasteiger partial charge is 0.439 e. The van der Waals surface area contributed by atoms with Gasteiger partial charge in [0.05, 0.1) is 10.9 Å². The summed E-state index contributed by atoms with van der Waals surface area (Å²) in [4.78, 5) is 0. The van der Waals surface area contributed by atoms with Crippen molar-refractivity contribution in [3.8, 4) is 27.9 Å².